The summed E-state index contributed by atoms with van der Waals surface area (Å²) >= 11 is 0. The molecule has 0 aliphatic carbocycles. The number of hydrogen-bond donors (Lipinski definition) is 1. The van der Waals surface area contributed by atoms with E-state index in [0.717, 1.165) is 32.4 Å². The highest BCUT2D eigenvalue weighted by atomic mass is 16.5. The smallest absolute Gasteiger partial charge is 0.0625 e. The number of hydrogen-bond acceptors (Lipinski definition) is 3. The standard InChI is InChI=1S/C13H25N3O/c1-5-11-10-13(16(6-2)15-11)12(14-3)8-7-9-17-4/h10,12,14H,5-9H2,1-4H3. The van der Waals surface area contributed by atoms with Gasteiger partial charge in [-0.25, -0.2) is 0 Å². The molecule has 4 heteroatoms. The van der Waals surface area contributed by atoms with Gasteiger partial charge in [0.1, 0.15) is 0 Å². The van der Waals surface area contributed by atoms with E-state index in [9.17, 15) is 0 Å². The van der Waals surface area contributed by atoms with E-state index < -0.39 is 0 Å². The monoisotopic (exact) mass is 239 g/mol. The molecule has 1 unspecified atom stereocenters. The fourth-order valence-corrected chi connectivity index (χ4v) is 2.07. The summed E-state index contributed by atoms with van der Waals surface area (Å²) in [6.45, 7) is 6.03. The van der Waals surface area contributed by atoms with Crippen molar-refractivity contribution in [1.29, 1.82) is 0 Å². The quantitative estimate of drug-likeness (QED) is 0.707. The molecule has 1 aromatic heterocycles. The molecule has 1 N–H and O–H groups in total. The zero-order valence-corrected chi connectivity index (χ0v) is 11.5. The Labute approximate surface area is 104 Å². The number of ether oxygens (including phenoxy) is 1. The van der Waals surface area contributed by atoms with Crippen molar-refractivity contribution in [3.8, 4) is 0 Å². The molecule has 0 saturated carbocycles. The summed E-state index contributed by atoms with van der Waals surface area (Å²) < 4.78 is 7.21. The zero-order chi connectivity index (χ0) is 12.7. The van der Waals surface area contributed by atoms with Gasteiger partial charge in [0, 0.05) is 26.3 Å². The Hall–Kier alpha value is -0.870. The largest absolute Gasteiger partial charge is 0.385 e. The van der Waals surface area contributed by atoms with Gasteiger partial charge in [-0.3, -0.25) is 4.68 Å². The van der Waals surface area contributed by atoms with E-state index in [1.165, 1.54) is 11.4 Å². The molecule has 1 aromatic rings. The molecule has 1 heterocycles. The van der Waals surface area contributed by atoms with E-state index >= 15 is 0 Å². The van der Waals surface area contributed by atoms with Crippen LogP contribution in [-0.4, -0.2) is 30.5 Å². The maximum absolute atomic E-state index is 5.11. The minimum atomic E-state index is 0.373. The van der Waals surface area contributed by atoms with Crippen LogP contribution in [0.1, 0.15) is 44.1 Å². The van der Waals surface area contributed by atoms with Crippen LogP contribution in [0, 0.1) is 0 Å². The van der Waals surface area contributed by atoms with Crippen LogP contribution in [0.15, 0.2) is 6.07 Å². The first-order valence-electron chi connectivity index (χ1n) is 6.49. The first kappa shape index (κ1) is 14.2. The lowest BCUT2D eigenvalue weighted by molar-refractivity contribution is 0.188. The lowest BCUT2D eigenvalue weighted by atomic mass is 10.1. The molecule has 0 bridgehead atoms. The second kappa shape index (κ2) is 7.45. The lowest BCUT2D eigenvalue weighted by Gasteiger charge is -2.17. The van der Waals surface area contributed by atoms with Gasteiger partial charge in [0.05, 0.1) is 11.4 Å². The minimum Gasteiger partial charge on any atom is -0.385 e. The third-order valence-electron chi connectivity index (χ3n) is 3.07. The van der Waals surface area contributed by atoms with E-state index in [-0.39, 0.29) is 0 Å². The van der Waals surface area contributed by atoms with Gasteiger partial charge in [-0.05, 0) is 39.3 Å². The zero-order valence-electron chi connectivity index (χ0n) is 11.5. The second-order valence-electron chi connectivity index (χ2n) is 4.21. The average molecular weight is 239 g/mol. The number of rotatable bonds is 8. The van der Waals surface area contributed by atoms with Gasteiger partial charge in [0.15, 0.2) is 0 Å². The number of nitrogens with one attached hydrogen (secondary N) is 1. The first-order valence-corrected chi connectivity index (χ1v) is 6.49. The Morgan fingerprint density at radius 1 is 1.47 bits per heavy atom. The molecule has 0 aliphatic heterocycles. The summed E-state index contributed by atoms with van der Waals surface area (Å²) in [6, 6.07) is 2.59. The van der Waals surface area contributed by atoms with Gasteiger partial charge < -0.3 is 10.1 Å². The predicted octanol–water partition coefficient (Wildman–Crippen LogP) is 2.15. The van der Waals surface area contributed by atoms with Crippen molar-refractivity contribution in [2.24, 2.45) is 0 Å². The van der Waals surface area contributed by atoms with Gasteiger partial charge in [-0.15, -0.1) is 0 Å². The summed E-state index contributed by atoms with van der Waals surface area (Å²) in [5.41, 5.74) is 2.47. The molecule has 0 aromatic carbocycles. The van der Waals surface area contributed by atoms with Crippen molar-refractivity contribution in [3.63, 3.8) is 0 Å². The van der Waals surface area contributed by atoms with Gasteiger partial charge in [0.2, 0.25) is 0 Å². The lowest BCUT2D eigenvalue weighted by Crippen LogP contribution is -2.20. The van der Waals surface area contributed by atoms with Crippen molar-refractivity contribution in [2.45, 2.75) is 45.7 Å². The first-order chi connectivity index (χ1) is 8.26. The van der Waals surface area contributed by atoms with Gasteiger partial charge in [0.25, 0.3) is 0 Å². The Balaban J connectivity index is 2.75. The molecular formula is C13H25N3O. The van der Waals surface area contributed by atoms with E-state index in [1.54, 1.807) is 7.11 Å². The van der Waals surface area contributed by atoms with Crippen molar-refractivity contribution >= 4 is 0 Å². The Bertz CT molecular complexity index is 322. The van der Waals surface area contributed by atoms with E-state index in [2.05, 4.69) is 35.0 Å². The highest BCUT2D eigenvalue weighted by Crippen LogP contribution is 2.19. The molecular weight excluding hydrogens is 214 g/mol. The van der Waals surface area contributed by atoms with Crippen LogP contribution in [0.5, 0.6) is 0 Å². The van der Waals surface area contributed by atoms with E-state index in [1.807, 2.05) is 7.05 Å². The molecule has 0 fully saturated rings. The third kappa shape index (κ3) is 3.82. The summed E-state index contributed by atoms with van der Waals surface area (Å²) in [4.78, 5) is 0. The van der Waals surface area contributed by atoms with Crippen LogP contribution in [0.25, 0.3) is 0 Å². The maximum atomic E-state index is 5.11. The second-order valence-corrected chi connectivity index (χ2v) is 4.21. The Morgan fingerprint density at radius 3 is 2.76 bits per heavy atom. The van der Waals surface area contributed by atoms with Gasteiger partial charge in [-0.1, -0.05) is 6.92 Å². The van der Waals surface area contributed by atoms with Crippen molar-refractivity contribution in [2.75, 3.05) is 20.8 Å². The highest BCUT2D eigenvalue weighted by molar-refractivity contribution is 5.14. The third-order valence-corrected chi connectivity index (χ3v) is 3.07. The van der Waals surface area contributed by atoms with Crippen LogP contribution in [0.3, 0.4) is 0 Å². The summed E-state index contributed by atoms with van der Waals surface area (Å²) in [7, 11) is 3.76. The van der Waals surface area contributed by atoms with Crippen molar-refractivity contribution in [3.05, 3.63) is 17.5 Å². The van der Waals surface area contributed by atoms with Crippen LogP contribution in [0.2, 0.25) is 0 Å². The fourth-order valence-electron chi connectivity index (χ4n) is 2.07. The van der Waals surface area contributed by atoms with E-state index in [0.29, 0.717) is 6.04 Å². The van der Waals surface area contributed by atoms with Gasteiger partial charge in [-0.2, -0.15) is 5.10 Å². The summed E-state index contributed by atoms with van der Waals surface area (Å²) in [6.07, 6.45) is 3.14. The van der Waals surface area contributed by atoms with Crippen LogP contribution < -0.4 is 5.32 Å². The maximum Gasteiger partial charge on any atom is 0.0625 e. The summed E-state index contributed by atoms with van der Waals surface area (Å²) in [5.74, 6) is 0. The number of aromatic nitrogens is 2. The van der Waals surface area contributed by atoms with Crippen LogP contribution >= 0.6 is 0 Å². The molecule has 4 nitrogen and oxygen atoms in total. The summed E-state index contributed by atoms with van der Waals surface area (Å²) in [5, 5.41) is 7.96. The molecule has 0 spiro atoms. The fraction of sp³-hybridized carbons (Fsp3) is 0.769. The normalized spacial score (nSPS) is 12.9. The topological polar surface area (TPSA) is 39.1 Å². The molecule has 0 radical (unpaired) electrons. The number of methoxy groups -OCH3 is 1. The minimum absolute atomic E-state index is 0.373. The molecule has 0 amide bonds. The average Bonchev–Trinajstić information content (AvgIpc) is 2.78. The predicted molar refractivity (Wildman–Crippen MR) is 70.2 cm³/mol. The van der Waals surface area contributed by atoms with E-state index in [4.69, 9.17) is 4.74 Å². The van der Waals surface area contributed by atoms with Gasteiger partial charge >= 0.3 is 0 Å². The number of aryl methyl sites for hydroxylation is 2. The Morgan fingerprint density at radius 2 is 2.24 bits per heavy atom. The van der Waals surface area contributed by atoms with Crippen LogP contribution in [0.4, 0.5) is 0 Å². The Kier molecular flexibility index (Phi) is 6.22. The number of nitrogens with zero attached hydrogens (tertiary/aromatic N) is 2. The molecule has 1 atom stereocenters. The molecule has 0 saturated heterocycles. The SMILES string of the molecule is CCc1cc(C(CCCOC)NC)n(CC)n1. The van der Waals surface area contributed by atoms with Crippen molar-refractivity contribution in [1.82, 2.24) is 15.1 Å². The molecule has 1 rings (SSSR count). The molecule has 0 aliphatic rings. The molecule has 98 valence electrons. The molecule has 17 heavy (non-hydrogen) atoms. The van der Waals surface area contributed by atoms with Crippen molar-refractivity contribution < 1.29 is 4.74 Å². The van der Waals surface area contributed by atoms with Crippen LogP contribution in [-0.2, 0) is 17.7 Å². The highest BCUT2D eigenvalue weighted by Gasteiger charge is 2.15.